The number of hydrogen-bond donors (Lipinski definition) is 2. The zero-order valence-electron chi connectivity index (χ0n) is 8.10. The Labute approximate surface area is 86.0 Å². The van der Waals surface area contributed by atoms with Crippen molar-refractivity contribution in [2.75, 3.05) is 0 Å². The quantitative estimate of drug-likeness (QED) is 0.376. The maximum Gasteiger partial charge on any atom is 0.339 e. The summed E-state index contributed by atoms with van der Waals surface area (Å²) < 4.78 is 0. The van der Waals surface area contributed by atoms with Gasteiger partial charge in [-0.15, -0.1) is 0 Å². The van der Waals surface area contributed by atoms with Crippen molar-refractivity contribution in [3.63, 3.8) is 0 Å². The first kappa shape index (κ1) is 9.60. The molecule has 2 heterocycles. The summed E-state index contributed by atoms with van der Waals surface area (Å²) in [5.74, 6) is 4.82. The zero-order valence-corrected chi connectivity index (χ0v) is 8.10. The minimum Gasteiger partial charge on any atom is -0.318 e. The number of pyridine rings is 1. The average Bonchev–Trinajstić information content (AvgIpc) is 2.45. The number of carbonyl (C=O) groups is 2. The fourth-order valence-electron chi connectivity index (χ4n) is 1.54. The first-order valence-electron chi connectivity index (χ1n) is 4.37. The van der Waals surface area contributed by atoms with Crippen LogP contribution in [0.1, 0.15) is 12.5 Å². The van der Waals surface area contributed by atoms with Gasteiger partial charge in [0.05, 0.1) is 0 Å². The van der Waals surface area contributed by atoms with E-state index in [1.807, 2.05) is 0 Å². The minimum atomic E-state index is -1.09. The summed E-state index contributed by atoms with van der Waals surface area (Å²) in [6, 6.07) is 2.73. The first-order valence-corrected chi connectivity index (χ1v) is 4.37. The third-order valence-electron chi connectivity index (χ3n) is 2.48. The van der Waals surface area contributed by atoms with E-state index in [1.165, 1.54) is 0 Å². The predicted octanol–water partition coefficient (Wildman–Crippen LogP) is -0.278. The molecule has 6 heteroatoms. The van der Waals surface area contributed by atoms with Gasteiger partial charge in [-0.25, -0.2) is 10.6 Å². The molecule has 6 nitrogen and oxygen atoms in total. The zero-order chi connectivity index (χ0) is 11.1. The molecule has 2 rings (SSSR count). The molecule has 0 aliphatic carbocycles. The van der Waals surface area contributed by atoms with E-state index >= 15 is 0 Å². The van der Waals surface area contributed by atoms with Crippen LogP contribution in [0, 0.1) is 0 Å². The van der Waals surface area contributed by atoms with Crippen LogP contribution >= 0.6 is 0 Å². The predicted molar refractivity (Wildman–Crippen MR) is 51.2 cm³/mol. The van der Waals surface area contributed by atoms with E-state index < -0.39 is 17.5 Å². The number of hydrogen-bond acceptors (Lipinski definition) is 4. The SMILES string of the molecule is CC1(c2ccncc2)NC(=O)N(N)C1=O. The summed E-state index contributed by atoms with van der Waals surface area (Å²) in [5, 5.41) is 3.11. The van der Waals surface area contributed by atoms with Gasteiger partial charge in [-0.3, -0.25) is 9.78 Å². The summed E-state index contributed by atoms with van der Waals surface area (Å²) in [5.41, 5.74) is -0.432. The molecule has 3 N–H and O–H groups in total. The fraction of sp³-hybridized carbons (Fsp3) is 0.222. The van der Waals surface area contributed by atoms with Crippen LogP contribution in [0.2, 0.25) is 0 Å². The smallest absolute Gasteiger partial charge is 0.318 e. The Bertz CT molecular complexity index is 419. The van der Waals surface area contributed by atoms with Gasteiger partial charge in [-0.05, 0) is 24.6 Å². The number of urea groups is 1. The molecule has 0 aromatic carbocycles. The molecule has 1 atom stereocenters. The van der Waals surface area contributed by atoms with Gasteiger partial charge in [0.25, 0.3) is 5.91 Å². The second-order valence-electron chi connectivity index (χ2n) is 3.47. The number of carbonyl (C=O) groups excluding carboxylic acids is 2. The van der Waals surface area contributed by atoms with Crippen LogP contribution in [0.4, 0.5) is 4.79 Å². The molecule has 0 radical (unpaired) electrons. The van der Waals surface area contributed by atoms with E-state index in [-0.39, 0.29) is 0 Å². The second kappa shape index (κ2) is 3.03. The van der Waals surface area contributed by atoms with Crippen LogP contribution in [0.3, 0.4) is 0 Å². The van der Waals surface area contributed by atoms with Crippen LogP contribution in [0.25, 0.3) is 0 Å². The lowest BCUT2D eigenvalue weighted by molar-refractivity contribution is -0.131. The van der Waals surface area contributed by atoms with E-state index in [2.05, 4.69) is 10.3 Å². The number of hydrazine groups is 1. The van der Waals surface area contributed by atoms with E-state index in [1.54, 1.807) is 31.5 Å². The lowest BCUT2D eigenvalue weighted by atomic mass is 9.93. The number of imide groups is 1. The van der Waals surface area contributed by atoms with E-state index in [0.717, 1.165) is 0 Å². The van der Waals surface area contributed by atoms with Crippen LogP contribution < -0.4 is 11.2 Å². The topological polar surface area (TPSA) is 88.3 Å². The van der Waals surface area contributed by atoms with Crippen molar-refractivity contribution in [3.8, 4) is 0 Å². The number of aromatic nitrogens is 1. The Morgan fingerprint density at radius 1 is 1.40 bits per heavy atom. The Hall–Kier alpha value is -1.95. The van der Waals surface area contributed by atoms with E-state index in [0.29, 0.717) is 10.6 Å². The molecule has 3 amide bonds. The maximum atomic E-state index is 11.7. The Kier molecular flexibility index (Phi) is 1.94. The van der Waals surface area contributed by atoms with Gasteiger partial charge in [0.15, 0.2) is 0 Å². The van der Waals surface area contributed by atoms with Gasteiger partial charge in [0.1, 0.15) is 5.54 Å². The molecular formula is C9H10N4O2. The lowest BCUT2D eigenvalue weighted by Gasteiger charge is -2.20. The summed E-state index contributed by atoms with van der Waals surface area (Å²) in [4.78, 5) is 26.8. The van der Waals surface area contributed by atoms with Crippen LogP contribution in [0.5, 0.6) is 0 Å². The summed E-state index contributed by atoms with van der Waals surface area (Å²) in [7, 11) is 0. The van der Waals surface area contributed by atoms with Gasteiger partial charge in [-0.1, -0.05) is 0 Å². The lowest BCUT2D eigenvalue weighted by Crippen LogP contribution is -2.42. The largest absolute Gasteiger partial charge is 0.339 e. The molecule has 1 fully saturated rings. The van der Waals surface area contributed by atoms with Crippen molar-refractivity contribution in [2.45, 2.75) is 12.5 Å². The first-order chi connectivity index (χ1) is 7.05. The highest BCUT2D eigenvalue weighted by atomic mass is 16.2. The molecule has 0 saturated carbocycles. The van der Waals surface area contributed by atoms with Crippen LogP contribution in [0.15, 0.2) is 24.5 Å². The monoisotopic (exact) mass is 206 g/mol. The molecule has 1 unspecified atom stereocenters. The second-order valence-corrected chi connectivity index (χ2v) is 3.47. The number of nitrogens with zero attached hydrogens (tertiary/aromatic N) is 2. The molecule has 1 aromatic heterocycles. The molecule has 1 aromatic rings. The minimum absolute atomic E-state index is 0.473. The molecule has 0 spiro atoms. The number of amides is 3. The summed E-state index contributed by atoms with van der Waals surface area (Å²) >= 11 is 0. The van der Waals surface area contributed by atoms with Gasteiger partial charge < -0.3 is 5.32 Å². The average molecular weight is 206 g/mol. The van der Waals surface area contributed by atoms with E-state index in [9.17, 15) is 9.59 Å². The number of rotatable bonds is 1. The van der Waals surface area contributed by atoms with Crippen molar-refractivity contribution in [2.24, 2.45) is 5.84 Å². The Morgan fingerprint density at radius 3 is 2.47 bits per heavy atom. The van der Waals surface area contributed by atoms with Gasteiger partial charge in [0.2, 0.25) is 0 Å². The van der Waals surface area contributed by atoms with Crippen LogP contribution in [-0.2, 0) is 10.3 Å². The third-order valence-corrected chi connectivity index (χ3v) is 2.48. The fourth-order valence-corrected chi connectivity index (χ4v) is 1.54. The standard InChI is InChI=1S/C9H10N4O2/c1-9(6-2-4-11-5-3-6)7(14)13(10)8(15)12-9/h2-5H,10H2,1H3,(H,12,15). The summed E-state index contributed by atoms with van der Waals surface area (Å²) in [6.07, 6.45) is 3.11. The van der Waals surface area contributed by atoms with E-state index in [4.69, 9.17) is 5.84 Å². The van der Waals surface area contributed by atoms with Gasteiger partial charge in [-0.2, -0.15) is 5.01 Å². The number of nitrogens with one attached hydrogen (secondary N) is 1. The van der Waals surface area contributed by atoms with Crippen molar-refractivity contribution < 1.29 is 9.59 Å². The highest BCUT2D eigenvalue weighted by Crippen LogP contribution is 2.26. The molecule has 78 valence electrons. The van der Waals surface area contributed by atoms with Crippen molar-refractivity contribution in [3.05, 3.63) is 30.1 Å². The van der Waals surface area contributed by atoms with Crippen molar-refractivity contribution >= 4 is 11.9 Å². The normalized spacial score (nSPS) is 25.6. The maximum absolute atomic E-state index is 11.7. The molecule has 0 bridgehead atoms. The molecule has 1 aliphatic heterocycles. The molecule has 15 heavy (non-hydrogen) atoms. The Morgan fingerprint density at radius 2 is 2.00 bits per heavy atom. The van der Waals surface area contributed by atoms with Crippen molar-refractivity contribution in [1.82, 2.24) is 15.3 Å². The Balaban J connectivity index is 2.45. The van der Waals surface area contributed by atoms with Crippen molar-refractivity contribution in [1.29, 1.82) is 0 Å². The molecule has 1 aliphatic rings. The van der Waals surface area contributed by atoms with Gasteiger partial charge >= 0.3 is 6.03 Å². The molecular weight excluding hydrogens is 196 g/mol. The summed E-state index contributed by atoms with van der Waals surface area (Å²) in [6.45, 7) is 1.61. The highest BCUT2D eigenvalue weighted by molar-refractivity contribution is 6.06. The molecule has 1 saturated heterocycles. The third kappa shape index (κ3) is 1.26. The van der Waals surface area contributed by atoms with Gasteiger partial charge in [0, 0.05) is 12.4 Å². The highest BCUT2D eigenvalue weighted by Gasteiger charge is 2.47. The van der Waals surface area contributed by atoms with Crippen LogP contribution in [-0.4, -0.2) is 21.9 Å². The number of nitrogens with two attached hydrogens (primary N) is 1.